The zero-order valence-electron chi connectivity index (χ0n) is 20.5. The van der Waals surface area contributed by atoms with Crippen molar-refractivity contribution in [1.29, 1.82) is 0 Å². The number of sulfone groups is 1. The van der Waals surface area contributed by atoms with Crippen LogP contribution in [0, 0.1) is 6.92 Å². The Kier molecular flexibility index (Phi) is 6.97. The Labute approximate surface area is 217 Å². The number of aromatic nitrogens is 2. The molecule has 0 saturated heterocycles. The minimum atomic E-state index is -3.18. The number of aryl methyl sites for hydroxylation is 1. The lowest BCUT2D eigenvalue weighted by Gasteiger charge is -2.22. The molecule has 0 aliphatic heterocycles. The maximum absolute atomic E-state index is 12.1. The van der Waals surface area contributed by atoms with Crippen molar-refractivity contribution >= 4 is 44.2 Å². The van der Waals surface area contributed by atoms with Crippen LogP contribution in [0.2, 0.25) is 5.02 Å². The number of halogens is 2. The molecule has 1 N–H and O–H groups in total. The van der Waals surface area contributed by atoms with Crippen molar-refractivity contribution in [1.82, 2.24) is 9.78 Å². The van der Waals surface area contributed by atoms with E-state index in [4.69, 9.17) is 28.3 Å². The minimum Gasteiger partial charge on any atom is -0.384 e. The molecule has 35 heavy (non-hydrogen) atoms. The zero-order valence-corrected chi connectivity index (χ0v) is 22.8. The fraction of sp³-hybridized carbons (Fsp3) is 0.370. The highest BCUT2D eigenvalue weighted by atomic mass is 35.5. The second-order valence-electron chi connectivity index (χ2n) is 9.83. The summed E-state index contributed by atoms with van der Waals surface area (Å²) in [7, 11) is -3.18. The molecule has 0 amide bonds. The molecule has 0 bridgehead atoms. The molecule has 0 fully saturated rings. The molecular weight excluding hydrogens is 503 g/mol. The Balaban J connectivity index is 1.84. The van der Waals surface area contributed by atoms with Crippen LogP contribution in [0.15, 0.2) is 54.2 Å². The van der Waals surface area contributed by atoms with Crippen LogP contribution < -0.4 is 0 Å². The van der Waals surface area contributed by atoms with E-state index in [1.807, 2.05) is 56.4 Å². The number of nitrogens with zero attached hydrogens (tertiary/aromatic N) is 2. The minimum absolute atomic E-state index is 0.268. The number of aliphatic hydroxyl groups is 1. The smallest absolute Gasteiger partial charge is 0.154 e. The first kappa shape index (κ1) is 26.0. The van der Waals surface area contributed by atoms with Crippen LogP contribution in [0.4, 0.5) is 0 Å². The fourth-order valence-corrected chi connectivity index (χ4v) is 6.33. The first-order valence-electron chi connectivity index (χ1n) is 11.5. The predicted molar refractivity (Wildman–Crippen MR) is 145 cm³/mol. The Morgan fingerprint density at radius 2 is 1.94 bits per heavy atom. The van der Waals surface area contributed by atoms with Gasteiger partial charge in [-0.2, -0.15) is 5.10 Å². The van der Waals surface area contributed by atoms with Crippen molar-refractivity contribution in [2.24, 2.45) is 0 Å². The highest BCUT2D eigenvalue weighted by Gasteiger charge is 2.32. The number of hydrogen-bond donors (Lipinski definition) is 1. The lowest BCUT2D eigenvalue weighted by atomic mass is 9.93. The standard InChI is InChI=1S/C27H30Cl2N2O3S/c1-16-8-6-11-22(28)23(16)25-24(29)26(27(3,4)32)30-31(25)19-12-13-21(17(2)14-19)18-9-7-10-20(15-18)35(5,33)34/h6-10,12-14,20,22,32H,11,15H2,1-5H3. The monoisotopic (exact) mass is 532 g/mol. The molecule has 0 radical (unpaired) electrons. The van der Waals surface area contributed by atoms with Crippen molar-refractivity contribution in [3.05, 3.63) is 81.7 Å². The molecule has 2 atom stereocenters. The molecule has 2 aliphatic rings. The molecule has 1 heterocycles. The first-order valence-corrected chi connectivity index (χ1v) is 14.3. The maximum atomic E-state index is 12.1. The van der Waals surface area contributed by atoms with Gasteiger partial charge in [-0.05, 0) is 74.9 Å². The van der Waals surface area contributed by atoms with Crippen LogP contribution >= 0.6 is 23.2 Å². The average molecular weight is 534 g/mol. The van der Waals surface area contributed by atoms with E-state index in [1.165, 1.54) is 6.26 Å². The second kappa shape index (κ2) is 9.40. The van der Waals surface area contributed by atoms with Gasteiger partial charge in [0, 0.05) is 11.8 Å². The van der Waals surface area contributed by atoms with Crippen LogP contribution in [0.3, 0.4) is 0 Å². The zero-order chi connectivity index (χ0) is 25.7. The van der Waals surface area contributed by atoms with Gasteiger partial charge in [-0.3, -0.25) is 0 Å². The van der Waals surface area contributed by atoms with E-state index < -0.39 is 20.7 Å². The third-order valence-electron chi connectivity index (χ3n) is 6.51. The number of benzene rings is 1. The third-order valence-corrected chi connectivity index (χ3v) is 8.68. The average Bonchev–Trinajstić information content (AvgIpc) is 3.10. The van der Waals surface area contributed by atoms with Crippen LogP contribution in [0.5, 0.6) is 0 Å². The summed E-state index contributed by atoms with van der Waals surface area (Å²) < 4.78 is 26.0. The summed E-state index contributed by atoms with van der Waals surface area (Å²) in [5, 5.41) is 15.1. The van der Waals surface area contributed by atoms with E-state index in [2.05, 4.69) is 0 Å². The number of hydrogen-bond acceptors (Lipinski definition) is 4. The van der Waals surface area contributed by atoms with Gasteiger partial charge < -0.3 is 5.11 Å². The van der Waals surface area contributed by atoms with Gasteiger partial charge in [-0.1, -0.05) is 48.0 Å². The van der Waals surface area contributed by atoms with Crippen molar-refractivity contribution in [3.8, 4) is 5.69 Å². The van der Waals surface area contributed by atoms with Crippen molar-refractivity contribution < 1.29 is 13.5 Å². The number of allylic oxidation sites excluding steroid dienone is 7. The summed E-state index contributed by atoms with van der Waals surface area (Å²) in [5.41, 5.74) is 5.42. The highest BCUT2D eigenvalue weighted by Crippen LogP contribution is 2.41. The molecule has 2 unspecified atom stereocenters. The number of alkyl halides is 1. The molecule has 4 rings (SSSR count). The molecule has 0 saturated carbocycles. The Bertz CT molecular complexity index is 1410. The van der Waals surface area contributed by atoms with E-state index in [0.717, 1.165) is 33.5 Å². The Morgan fingerprint density at radius 3 is 2.54 bits per heavy atom. The molecule has 186 valence electrons. The summed E-state index contributed by atoms with van der Waals surface area (Å²) in [6.07, 6.45) is 12.0. The summed E-state index contributed by atoms with van der Waals surface area (Å²) in [6, 6.07) is 5.93. The Morgan fingerprint density at radius 1 is 1.23 bits per heavy atom. The molecule has 1 aromatic heterocycles. The molecule has 1 aromatic carbocycles. The summed E-state index contributed by atoms with van der Waals surface area (Å²) in [5.74, 6) is 0. The van der Waals surface area contributed by atoms with E-state index in [9.17, 15) is 13.5 Å². The van der Waals surface area contributed by atoms with E-state index >= 15 is 0 Å². The van der Waals surface area contributed by atoms with Gasteiger partial charge in [-0.25, -0.2) is 13.1 Å². The van der Waals surface area contributed by atoms with Crippen molar-refractivity contribution in [2.45, 2.75) is 56.8 Å². The summed E-state index contributed by atoms with van der Waals surface area (Å²) in [4.78, 5) is 0. The number of rotatable bonds is 5. The maximum Gasteiger partial charge on any atom is 0.154 e. The molecule has 0 spiro atoms. The largest absolute Gasteiger partial charge is 0.384 e. The van der Waals surface area contributed by atoms with Crippen LogP contribution in [0.25, 0.3) is 16.8 Å². The van der Waals surface area contributed by atoms with E-state index in [-0.39, 0.29) is 5.38 Å². The molecule has 5 nitrogen and oxygen atoms in total. The van der Waals surface area contributed by atoms with Gasteiger partial charge in [0.25, 0.3) is 0 Å². The lowest BCUT2D eigenvalue weighted by molar-refractivity contribution is 0.0735. The normalized spacial score (nSPS) is 21.0. The fourth-order valence-electron chi connectivity index (χ4n) is 4.65. The lowest BCUT2D eigenvalue weighted by Crippen LogP contribution is -2.19. The van der Waals surface area contributed by atoms with Gasteiger partial charge in [0.05, 0.1) is 27.0 Å². The molecule has 2 aromatic rings. The second-order valence-corrected chi connectivity index (χ2v) is 13.0. The molecule has 8 heteroatoms. The van der Waals surface area contributed by atoms with Gasteiger partial charge in [-0.15, -0.1) is 11.6 Å². The Hall–Kier alpha value is -2.12. The van der Waals surface area contributed by atoms with Crippen molar-refractivity contribution in [2.75, 3.05) is 6.26 Å². The van der Waals surface area contributed by atoms with E-state index in [0.29, 0.717) is 29.3 Å². The van der Waals surface area contributed by atoms with Crippen LogP contribution in [0.1, 0.15) is 56.1 Å². The van der Waals surface area contributed by atoms with Crippen molar-refractivity contribution in [3.63, 3.8) is 0 Å². The van der Waals surface area contributed by atoms with Gasteiger partial charge in [0.15, 0.2) is 9.84 Å². The predicted octanol–water partition coefficient (Wildman–Crippen LogP) is 6.16. The molecule has 2 aliphatic carbocycles. The topological polar surface area (TPSA) is 72.2 Å². The molecular formula is C27H30Cl2N2O3S. The summed E-state index contributed by atoms with van der Waals surface area (Å²) in [6.45, 7) is 7.30. The summed E-state index contributed by atoms with van der Waals surface area (Å²) >= 11 is 13.6. The first-order chi connectivity index (χ1) is 16.3. The van der Waals surface area contributed by atoms with Crippen LogP contribution in [-0.2, 0) is 15.4 Å². The van der Waals surface area contributed by atoms with Gasteiger partial charge >= 0.3 is 0 Å². The quantitative estimate of drug-likeness (QED) is 0.468. The van der Waals surface area contributed by atoms with Crippen LogP contribution in [-0.4, -0.2) is 40.2 Å². The highest BCUT2D eigenvalue weighted by molar-refractivity contribution is 7.91. The SMILES string of the molecule is CC1=C(c2c(Cl)c(C(C)(C)O)nn2-c2ccc(C3=CC=CC(S(C)(=O)=O)C3)c(C)c2)C(Cl)CC=C1. The van der Waals surface area contributed by atoms with E-state index in [1.54, 1.807) is 24.6 Å². The third kappa shape index (κ3) is 5.08. The van der Waals surface area contributed by atoms with Gasteiger partial charge in [0.1, 0.15) is 11.3 Å². The van der Waals surface area contributed by atoms with Gasteiger partial charge in [0.2, 0.25) is 0 Å².